The third-order valence-electron chi connectivity index (χ3n) is 3.68. The minimum absolute atomic E-state index is 0.0171. The second-order valence-electron chi connectivity index (χ2n) is 5.33. The molecule has 1 aliphatic carbocycles. The monoisotopic (exact) mass is 285 g/mol. The van der Waals surface area contributed by atoms with Gasteiger partial charge in [0.05, 0.1) is 11.5 Å². The SMILES string of the molecule is NCc1cc(CS(=O)(=O)CC2CCCC2)ccc1F. The van der Waals surface area contributed by atoms with Crippen LogP contribution in [0.25, 0.3) is 0 Å². The van der Waals surface area contributed by atoms with Crippen LogP contribution in [0.1, 0.15) is 36.8 Å². The van der Waals surface area contributed by atoms with Crippen LogP contribution in [-0.4, -0.2) is 14.2 Å². The van der Waals surface area contributed by atoms with Crippen LogP contribution in [0.4, 0.5) is 4.39 Å². The predicted molar refractivity (Wildman–Crippen MR) is 73.7 cm³/mol. The van der Waals surface area contributed by atoms with E-state index in [0.29, 0.717) is 17.0 Å². The Morgan fingerprint density at radius 2 is 1.95 bits per heavy atom. The molecule has 1 aromatic rings. The highest BCUT2D eigenvalue weighted by molar-refractivity contribution is 7.90. The first-order valence-corrected chi connectivity index (χ1v) is 8.50. The molecule has 0 heterocycles. The lowest BCUT2D eigenvalue weighted by atomic mass is 10.1. The van der Waals surface area contributed by atoms with E-state index in [1.807, 2.05) is 0 Å². The van der Waals surface area contributed by atoms with Gasteiger partial charge in [-0.2, -0.15) is 0 Å². The summed E-state index contributed by atoms with van der Waals surface area (Å²) in [6, 6.07) is 4.38. The summed E-state index contributed by atoms with van der Waals surface area (Å²) in [5.41, 5.74) is 6.42. The van der Waals surface area contributed by atoms with E-state index < -0.39 is 9.84 Å². The van der Waals surface area contributed by atoms with Gasteiger partial charge in [0.25, 0.3) is 0 Å². The van der Waals surface area contributed by atoms with Gasteiger partial charge in [-0.1, -0.05) is 25.0 Å². The quantitative estimate of drug-likeness (QED) is 0.903. The number of sulfone groups is 1. The molecule has 1 aliphatic rings. The van der Waals surface area contributed by atoms with Crippen molar-refractivity contribution in [3.05, 3.63) is 35.1 Å². The van der Waals surface area contributed by atoms with Crippen molar-refractivity contribution in [3.63, 3.8) is 0 Å². The molecule has 19 heavy (non-hydrogen) atoms. The molecular weight excluding hydrogens is 265 g/mol. The van der Waals surface area contributed by atoms with E-state index in [1.54, 1.807) is 6.07 Å². The highest BCUT2D eigenvalue weighted by Crippen LogP contribution is 2.27. The molecule has 1 aromatic carbocycles. The minimum Gasteiger partial charge on any atom is -0.326 e. The molecule has 0 atom stereocenters. The lowest BCUT2D eigenvalue weighted by Gasteiger charge is -2.10. The molecule has 1 saturated carbocycles. The summed E-state index contributed by atoms with van der Waals surface area (Å²) in [6.07, 6.45) is 4.29. The molecule has 5 heteroatoms. The minimum atomic E-state index is -3.12. The summed E-state index contributed by atoms with van der Waals surface area (Å²) in [6.45, 7) is 0.0857. The molecule has 0 aliphatic heterocycles. The standard InChI is InChI=1S/C14H20FNO2S/c15-14-6-5-12(7-13(14)8-16)10-19(17,18)9-11-3-1-2-4-11/h5-7,11H,1-4,8-10,16H2. The van der Waals surface area contributed by atoms with Crippen LogP contribution >= 0.6 is 0 Å². The van der Waals surface area contributed by atoms with Gasteiger partial charge in [0.15, 0.2) is 9.84 Å². The molecule has 0 saturated heterocycles. The van der Waals surface area contributed by atoms with Crippen molar-refractivity contribution in [2.75, 3.05) is 5.75 Å². The maximum Gasteiger partial charge on any atom is 0.154 e. The summed E-state index contributed by atoms with van der Waals surface area (Å²) >= 11 is 0. The molecule has 0 radical (unpaired) electrons. The van der Waals surface area contributed by atoms with Crippen molar-refractivity contribution in [1.82, 2.24) is 0 Å². The molecule has 0 bridgehead atoms. The van der Waals surface area contributed by atoms with Crippen molar-refractivity contribution in [1.29, 1.82) is 0 Å². The average Bonchev–Trinajstić information content (AvgIpc) is 2.83. The van der Waals surface area contributed by atoms with Crippen LogP contribution in [0.5, 0.6) is 0 Å². The van der Waals surface area contributed by atoms with Crippen molar-refractivity contribution >= 4 is 9.84 Å². The van der Waals surface area contributed by atoms with E-state index in [-0.39, 0.29) is 23.9 Å². The Kier molecular flexibility index (Phi) is 4.58. The second kappa shape index (κ2) is 6.01. The molecule has 0 amide bonds. The van der Waals surface area contributed by atoms with Gasteiger partial charge < -0.3 is 5.73 Å². The zero-order valence-electron chi connectivity index (χ0n) is 10.9. The summed E-state index contributed by atoms with van der Waals surface area (Å²) < 4.78 is 37.5. The first-order chi connectivity index (χ1) is 9.00. The molecule has 0 unspecified atom stereocenters. The lowest BCUT2D eigenvalue weighted by molar-refractivity contribution is 0.558. The molecule has 2 N–H and O–H groups in total. The smallest absolute Gasteiger partial charge is 0.154 e. The Labute approximate surface area is 113 Å². The summed E-state index contributed by atoms with van der Waals surface area (Å²) in [4.78, 5) is 0. The summed E-state index contributed by atoms with van der Waals surface area (Å²) in [7, 11) is -3.12. The van der Waals surface area contributed by atoms with Crippen molar-refractivity contribution in [2.45, 2.75) is 38.0 Å². The van der Waals surface area contributed by atoms with E-state index in [2.05, 4.69) is 0 Å². The number of benzene rings is 1. The zero-order valence-corrected chi connectivity index (χ0v) is 11.8. The fraction of sp³-hybridized carbons (Fsp3) is 0.571. The number of hydrogen-bond acceptors (Lipinski definition) is 3. The third kappa shape index (κ3) is 4.01. The summed E-state index contributed by atoms with van der Waals surface area (Å²) in [5.74, 6) is 0.165. The Morgan fingerprint density at radius 3 is 2.58 bits per heavy atom. The maximum absolute atomic E-state index is 13.3. The van der Waals surface area contributed by atoms with Gasteiger partial charge in [0.2, 0.25) is 0 Å². The highest BCUT2D eigenvalue weighted by atomic mass is 32.2. The first-order valence-electron chi connectivity index (χ1n) is 6.68. The van der Waals surface area contributed by atoms with Gasteiger partial charge in [-0.05, 0) is 30.4 Å². The summed E-state index contributed by atoms with van der Waals surface area (Å²) in [5, 5.41) is 0. The first kappa shape index (κ1) is 14.5. The van der Waals surface area contributed by atoms with Gasteiger partial charge >= 0.3 is 0 Å². The van der Waals surface area contributed by atoms with Crippen molar-refractivity contribution in [3.8, 4) is 0 Å². The van der Waals surface area contributed by atoms with Crippen LogP contribution in [0.2, 0.25) is 0 Å². The fourth-order valence-corrected chi connectivity index (χ4v) is 4.58. The predicted octanol–water partition coefficient (Wildman–Crippen LogP) is 2.39. The molecule has 106 valence electrons. The van der Waals surface area contributed by atoms with E-state index in [4.69, 9.17) is 5.73 Å². The Morgan fingerprint density at radius 1 is 1.26 bits per heavy atom. The second-order valence-corrected chi connectivity index (χ2v) is 7.44. The van der Waals surface area contributed by atoms with Gasteiger partial charge in [-0.15, -0.1) is 0 Å². The maximum atomic E-state index is 13.3. The number of rotatable bonds is 5. The third-order valence-corrected chi connectivity index (χ3v) is 5.43. The number of nitrogens with two attached hydrogens (primary N) is 1. The topological polar surface area (TPSA) is 60.2 Å². The van der Waals surface area contributed by atoms with Crippen molar-refractivity contribution in [2.24, 2.45) is 11.7 Å². The van der Waals surface area contributed by atoms with E-state index >= 15 is 0 Å². The molecule has 2 rings (SSSR count). The van der Waals surface area contributed by atoms with E-state index in [9.17, 15) is 12.8 Å². The molecular formula is C14H20FNO2S. The average molecular weight is 285 g/mol. The highest BCUT2D eigenvalue weighted by Gasteiger charge is 2.23. The van der Waals surface area contributed by atoms with E-state index in [0.717, 1.165) is 25.7 Å². The zero-order chi connectivity index (χ0) is 13.9. The van der Waals surface area contributed by atoms with Crippen molar-refractivity contribution < 1.29 is 12.8 Å². The largest absolute Gasteiger partial charge is 0.326 e. The Balaban J connectivity index is 2.06. The van der Waals surface area contributed by atoms with Crippen LogP contribution < -0.4 is 5.73 Å². The molecule has 0 spiro atoms. The molecule has 3 nitrogen and oxygen atoms in total. The van der Waals surface area contributed by atoms with Gasteiger partial charge in [-0.25, -0.2) is 12.8 Å². The van der Waals surface area contributed by atoms with Gasteiger partial charge in [0.1, 0.15) is 5.82 Å². The van der Waals surface area contributed by atoms with Crippen LogP contribution in [0, 0.1) is 11.7 Å². The Hall–Kier alpha value is -0.940. The normalized spacial score (nSPS) is 16.9. The number of halogens is 1. The fourth-order valence-electron chi connectivity index (χ4n) is 2.72. The van der Waals surface area contributed by atoms with Crippen LogP contribution in [0.15, 0.2) is 18.2 Å². The van der Waals surface area contributed by atoms with Crippen LogP contribution in [0.3, 0.4) is 0 Å². The van der Waals surface area contributed by atoms with E-state index in [1.165, 1.54) is 12.1 Å². The van der Waals surface area contributed by atoms with Gasteiger partial charge in [0, 0.05) is 12.1 Å². The lowest BCUT2D eigenvalue weighted by Crippen LogP contribution is -2.16. The Bertz CT molecular complexity index is 536. The molecule has 0 aromatic heterocycles. The van der Waals surface area contributed by atoms with Crippen LogP contribution in [-0.2, 0) is 22.1 Å². The molecule has 1 fully saturated rings. The number of hydrogen-bond donors (Lipinski definition) is 1. The van der Waals surface area contributed by atoms with Gasteiger partial charge in [-0.3, -0.25) is 0 Å².